The Bertz CT molecular complexity index is 414. The van der Waals surface area contributed by atoms with Crippen molar-refractivity contribution in [1.82, 2.24) is 5.32 Å². The second-order valence-electron chi connectivity index (χ2n) is 3.63. The quantitative estimate of drug-likeness (QED) is 0.718. The molecule has 3 N–H and O–H groups in total. The van der Waals surface area contributed by atoms with Crippen molar-refractivity contribution in [2.45, 2.75) is 0 Å². The Balaban J connectivity index is 2.20. The first-order chi connectivity index (χ1) is 7.68. The lowest BCUT2D eigenvalue weighted by atomic mass is 10.1. The number of hydrogen-bond acceptors (Lipinski definition) is 3. The Hall–Kier alpha value is -1.88. The van der Waals surface area contributed by atoms with Crippen molar-refractivity contribution < 1.29 is 9.59 Å². The molecule has 1 aliphatic rings. The monoisotopic (exact) mass is 219 g/mol. The van der Waals surface area contributed by atoms with Crippen molar-refractivity contribution in [2.75, 3.05) is 24.5 Å². The molecule has 16 heavy (non-hydrogen) atoms. The molecule has 1 heterocycles. The SMILES string of the molecule is NC(=O)c1ccc(N2CCNCC2=O)cc1. The zero-order chi connectivity index (χ0) is 11.5. The third kappa shape index (κ3) is 2.04. The van der Waals surface area contributed by atoms with E-state index in [2.05, 4.69) is 5.32 Å². The summed E-state index contributed by atoms with van der Waals surface area (Å²) >= 11 is 0. The van der Waals surface area contributed by atoms with E-state index in [1.54, 1.807) is 29.2 Å². The summed E-state index contributed by atoms with van der Waals surface area (Å²) in [5, 5.41) is 3.00. The molecule has 0 saturated carbocycles. The molecule has 0 unspecified atom stereocenters. The molecule has 0 aromatic heterocycles. The fourth-order valence-electron chi connectivity index (χ4n) is 1.69. The van der Waals surface area contributed by atoms with Gasteiger partial charge < -0.3 is 16.0 Å². The summed E-state index contributed by atoms with van der Waals surface area (Å²) in [7, 11) is 0. The highest BCUT2D eigenvalue weighted by molar-refractivity contribution is 5.97. The van der Waals surface area contributed by atoms with E-state index < -0.39 is 5.91 Å². The number of carbonyl (C=O) groups excluding carboxylic acids is 2. The van der Waals surface area contributed by atoms with Crippen molar-refractivity contribution in [3.8, 4) is 0 Å². The molecule has 1 saturated heterocycles. The van der Waals surface area contributed by atoms with Gasteiger partial charge in [0.2, 0.25) is 11.8 Å². The van der Waals surface area contributed by atoms with Crippen LogP contribution in [0.5, 0.6) is 0 Å². The summed E-state index contributed by atoms with van der Waals surface area (Å²) in [6.07, 6.45) is 0. The van der Waals surface area contributed by atoms with Crippen molar-refractivity contribution in [1.29, 1.82) is 0 Å². The van der Waals surface area contributed by atoms with Gasteiger partial charge in [0.25, 0.3) is 0 Å². The van der Waals surface area contributed by atoms with Gasteiger partial charge in [-0.25, -0.2) is 0 Å². The largest absolute Gasteiger partial charge is 0.366 e. The summed E-state index contributed by atoms with van der Waals surface area (Å²) in [4.78, 5) is 24.2. The lowest BCUT2D eigenvalue weighted by Crippen LogP contribution is -2.48. The Morgan fingerprint density at radius 2 is 2.00 bits per heavy atom. The molecule has 5 heteroatoms. The molecule has 1 aromatic rings. The first-order valence-corrected chi connectivity index (χ1v) is 5.09. The van der Waals surface area contributed by atoms with Gasteiger partial charge in [-0.15, -0.1) is 0 Å². The molecule has 5 nitrogen and oxygen atoms in total. The van der Waals surface area contributed by atoms with Crippen LogP contribution in [0.3, 0.4) is 0 Å². The molecule has 84 valence electrons. The van der Waals surface area contributed by atoms with Gasteiger partial charge in [-0.1, -0.05) is 0 Å². The van der Waals surface area contributed by atoms with E-state index in [-0.39, 0.29) is 5.91 Å². The maximum Gasteiger partial charge on any atom is 0.248 e. The third-order valence-corrected chi connectivity index (χ3v) is 2.55. The van der Waals surface area contributed by atoms with Crippen LogP contribution < -0.4 is 16.0 Å². The van der Waals surface area contributed by atoms with Crippen molar-refractivity contribution in [2.24, 2.45) is 5.73 Å². The maximum absolute atomic E-state index is 11.6. The fourth-order valence-corrected chi connectivity index (χ4v) is 1.69. The Morgan fingerprint density at radius 1 is 1.31 bits per heavy atom. The summed E-state index contributed by atoms with van der Waals surface area (Å²) in [5.41, 5.74) is 6.39. The molecular weight excluding hydrogens is 206 g/mol. The van der Waals surface area contributed by atoms with Crippen LogP contribution in [0, 0.1) is 0 Å². The standard InChI is InChI=1S/C11H13N3O2/c12-11(16)8-1-3-9(4-2-8)14-6-5-13-7-10(14)15/h1-4,13H,5-7H2,(H2,12,16). The summed E-state index contributed by atoms with van der Waals surface area (Å²) in [5.74, 6) is -0.420. The molecule has 0 aliphatic carbocycles. The van der Waals surface area contributed by atoms with Crippen molar-refractivity contribution in [3.05, 3.63) is 29.8 Å². The van der Waals surface area contributed by atoms with E-state index in [4.69, 9.17) is 5.73 Å². The lowest BCUT2D eigenvalue weighted by molar-refractivity contribution is -0.118. The smallest absolute Gasteiger partial charge is 0.248 e. The molecule has 0 bridgehead atoms. The van der Waals surface area contributed by atoms with Gasteiger partial charge in [0.1, 0.15) is 0 Å². The second-order valence-corrected chi connectivity index (χ2v) is 3.63. The van der Waals surface area contributed by atoms with E-state index >= 15 is 0 Å². The molecule has 0 radical (unpaired) electrons. The van der Waals surface area contributed by atoms with Gasteiger partial charge >= 0.3 is 0 Å². The van der Waals surface area contributed by atoms with E-state index in [1.807, 2.05) is 0 Å². The number of nitrogens with two attached hydrogens (primary N) is 1. The Kier molecular flexibility index (Phi) is 2.87. The number of hydrogen-bond donors (Lipinski definition) is 2. The Labute approximate surface area is 93.2 Å². The third-order valence-electron chi connectivity index (χ3n) is 2.55. The number of piperazine rings is 1. The highest BCUT2D eigenvalue weighted by atomic mass is 16.2. The minimum absolute atomic E-state index is 0.0399. The first kappa shape index (κ1) is 10.6. The predicted molar refractivity (Wildman–Crippen MR) is 60.2 cm³/mol. The second kappa shape index (κ2) is 4.32. The number of nitrogens with one attached hydrogen (secondary N) is 1. The van der Waals surface area contributed by atoms with Crippen molar-refractivity contribution in [3.63, 3.8) is 0 Å². The van der Waals surface area contributed by atoms with Crippen LogP contribution in [0.2, 0.25) is 0 Å². The first-order valence-electron chi connectivity index (χ1n) is 5.09. The van der Waals surface area contributed by atoms with Gasteiger partial charge in [-0.3, -0.25) is 9.59 Å². The molecular formula is C11H13N3O2. The van der Waals surface area contributed by atoms with Gasteiger partial charge in [-0.2, -0.15) is 0 Å². The van der Waals surface area contributed by atoms with Crippen LogP contribution in [0.25, 0.3) is 0 Å². The van der Waals surface area contributed by atoms with Crippen molar-refractivity contribution >= 4 is 17.5 Å². The zero-order valence-corrected chi connectivity index (χ0v) is 8.77. The summed E-state index contributed by atoms with van der Waals surface area (Å²) in [6.45, 7) is 1.79. The Morgan fingerprint density at radius 3 is 2.56 bits per heavy atom. The van der Waals surface area contributed by atoms with E-state index in [1.165, 1.54) is 0 Å². The molecule has 2 rings (SSSR count). The molecule has 1 aliphatic heterocycles. The normalized spacial score (nSPS) is 16.2. The number of amides is 2. The zero-order valence-electron chi connectivity index (χ0n) is 8.77. The maximum atomic E-state index is 11.6. The summed E-state index contributed by atoms with van der Waals surface area (Å²) in [6, 6.07) is 6.74. The molecule has 1 aromatic carbocycles. The van der Waals surface area contributed by atoms with Crippen LogP contribution >= 0.6 is 0 Å². The topological polar surface area (TPSA) is 75.4 Å². The van der Waals surface area contributed by atoms with Crippen LogP contribution in [0.15, 0.2) is 24.3 Å². The van der Waals surface area contributed by atoms with Gasteiger partial charge in [0, 0.05) is 24.3 Å². The number of carbonyl (C=O) groups is 2. The average Bonchev–Trinajstić information content (AvgIpc) is 2.30. The molecule has 2 amide bonds. The van der Waals surface area contributed by atoms with Crippen LogP contribution in [-0.2, 0) is 4.79 Å². The highest BCUT2D eigenvalue weighted by Crippen LogP contribution is 2.16. The van der Waals surface area contributed by atoms with Crippen LogP contribution in [0.4, 0.5) is 5.69 Å². The number of primary amides is 1. The fraction of sp³-hybridized carbons (Fsp3) is 0.273. The predicted octanol–water partition coefficient (Wildman–Crippen LogP) is -0.278. The van der Waals surface area contributed by atoms with Crippen LogP contribution in [-0.4, -0.2) is 31.4 Å². The van der Waals surface area contributed by atoms with E-state index in [0.29, 0.717) is 18.7 Å². The molecule has 1 fully saturated rings. The number of anilines is 1. The summed E-state index contributed by atoms with van der Waals surface area (Å²) < 4.78 is 0. The average molecular weight is 219 g/mol. The lowest BCUT2D eigenvalue weighted by Gasteiger charge is -2.27. The van der Waals surface area contributed by atoms with Gasteiger partial charge in [0.15, 0.2) is 0 Å². The van der Waals surface area contributed by atoms with Gasteiger partial charge in [0.05, 0.1) is 6.54 Å². The molecule has 0 atom stereocenters. The van der Waals surface area contributed by atoms with E-state index in [0.717, 1.165) is 12.2 Å². The van der Waals surface area contributed by atoms with Gasteiger partial charge in [-0.05, 0) is 24.3 Å². The number of nitrogens with zero attached hydrogens (tertiary/aromatic N) is 1. The molecule has 0 spiro atoms. The minimum Gasteiger partial charge on any atom is -0.366 e. The minimum atomic E-state index is -0.460. The number of benzene rings is 1. The van der Waals surface area contributed by atoms with Crippen LogP contribution in [0.1, 0.15) is 10.4 Å². The number of rotatable bonds is 2. The highest BCUT2D eigenvalue weighted by Gasteiger charge is 2.18. The van der Waals surface area contributed by atoms with E-state index in [9.17, 15) is 9.59 Å².